The van der Waals surface area contributed by atoms with Gasteiger partial charge in [-0.15, -0.1) is 0 Å². The average molecular weight is 280 g/mol. The van der Waals surface area contributed by atoms with Crippen molar-refractivity contribution in [2.24, 2.45) is 0 Å². The number of hydrogen-bond acceptors (Lipinski definition) is 2. The van der Waals surface area contributed by atoms with Crippen molar-refractivity contribution in [2.75, 3.05) is 0 Å². The van der Waals surface area contributed by atoms with E-state index < -0.39 is 11.7 Å². The monoisotopic (exact) mass is 279 g/mol. The zero-order chi connectivity index (χ0) is 13.8. The van der Waals surface area contributed by atoms with Gasteiger partial charge in [0, 0.05) is 6.54 Å². The number of rotatable bonds is 3. The molecule has 0 saturated carbocycles. The van der Waals surface area contributed by atoms with Gasteiger partial charge in [0.25, 0.3) is 5.91 Å². The zero-order valence-corrected chi connectivity index (χ0v) is 10.6. The van der Waals surface area contributed by atoms with Gasteiger partial charge >= 0.3 is 0 Å². The topological polar surface area (TPSA) is 49.3 Å². The minimum absolute atomic E-state index is 0.0633. The standard InChI is InChI=1S/C14H11ClFNO2/c15-13-7-10(16)4-5-12(13)14(19)17-8-9-2-1-3-11(18)6-9/h1-7,18H,8H2,(H,17,19). The summed E-state index contributed by atoms with van der Waals surface area (Å²) in [5.74, 6) is -0.755. The number of carbonyl (C=O) groups excluding carboxylic acids is 1. The molecule has 0 bridgehead atoms. The Kier molecular flexibility index (Phi) is 4.02. The van der Waals surface area contributed by atoms with Crippen LogP contribution >= 0.6 is 11.6 Å². The van der Waals surface area contributed by atoms with Gasteiger partial charge in [-0.3, -0.25) is 4.79 Å². The van der Waals surface area contributed by atoms with Gasteiger partial charge in [-0.2, -0.15) is 0 Å². The molecule has 0 heterocycles. The molecule has 98 valence electrons. The molecular weight excluding hydrogens is 269 g/mol. The second-order valence-corrected chi connectivity index (χ2v) is 4.38. The van der Waals surface area contributed by atoms with E-state index in [9.17, 15) is 14.3 Å². The summed E-state index contributed by atoms with van der Waals surface area (Å²) in [6, 6.07) is 10.1. The summed E-state index contributed by atoms with van der Waals surface area (Å²) in [7, 11) is 0. The molecule has 0 saturated heterocycles. The first-order valence-corrected chi connectivity index (χ1v) is 5.95. The number of amides is 1. The van der Waals surface area contributed by atoms with Crippen LogP contribution in [0.1, 0.15) is 15.9 Å². The molecule has 2 aromatic rings. The summed E-state index contributed by atoms with van der Waals surface area (Å²) in [6.45, 7) is 0.251. The quantitative estimate of drug-likeness (QED) is 0.907. The van der Waals surface area contributed by atoms with Crippen LogP contribution in [-0.4, -0.2) is 11.0 Å². The minimum atomic E-state index is -0.491. The fourth-order valence-corrected chi connectivity index (χ4v) is 1.87. The van der Waals surface area contributed by atoms with Gasteiger partial charge in [0.05, 0.1) is 10.6 Å². The highest BCUT2D eigenvalue weighted by atomic mass is 35.5. The van der Waals surface area contributed by atoms with Crippen LogP contribution in [0.3, 0.4) is 0 Å². The van der Waals surface area contributed by atoms with E-state index in [4.69, 9.17) is 11.6 Å². The molecule has 0 radical (unpaired) electrons. The molecule has 0 spiro atoms. The fourth-order valence-electron chi connectivity index (χ4n) is 1.62. The fraction of sp³-hybridized carbons (Fsp3) is 0.0714. The molecular formula is C14H11ClFNO2. The van der Waals surface area contributed by atoms with E-state index in [-0.39, 0.29) is 22.9 Å². The summed E-state index contributed by atoms with van der Waals surface area (Å²) in [5, 5.41) is 12.0. The molecule has 2 aromatic carbocycles. The number of carbonyl (C=O) groups is 1. The highest BCUT2D eigenvalue weighted by molar-refractivity contribution is 6.33. The molecule has 0 aromatic heterocycles. The van der Waals surface area contributed by atoms with Gasteiger partial charge < -0.3 is 10.4 Å². The van der Waals surface area contributed by atoms with Crippen LogP contribution in [0.2, 0.25) is 5.02 Å². The number of nitrogens with one attached hydrogen (secondary N) is 1. The van der Waals surface area contributed by atoms with E-state index in [0.29, 0.717) is 0 Å². The van der Waals surface area contributed by atoms with Crippen molar-refractivity contribution in [3.8, 4) is 5.75 Å². The first kappa shape index (κ1) is 13.4. The molecule has 5 heteroatoms. The van der Waals surface area contributed by atoms with Crippen LogP contribution in [-0.2, 0) is 6.54 Å². The van der Waals surface area contributed by atoms with E-state index >= 15 is 0 Å². The van der Waals surface area contributed by atoms with Crippen LogP contribution in [0.4, 0.5) is 4.39 Å². The smallest absolute Gasteiger partial charge is 0.253 e. The molecule has 19 heavy (non-hydrogen) atoms. The molecule has 0 aliphatic rings. The molecule has 0 unspecified atom stereocenters. The predicted molar refractivity (Wildman–Crippen MR) is 70.7 cm³/mol. The largest absolute Gasteiger partial charge is 0.508 e. The Morgan fingerprint density at radius 3 is 2.74 bits per heavy atom. The Balaban J connectivity index is 2.05. The van der Waals surface area contributed by atoms with Crippen molar-refractivity contribution >= 4 is 17.5 Å². The number of benzene rings is 2. The Morgan fingerprint density at radius 2 is 2.05 bits per heavy atom. The van der Waals surface area contributed by atoms with Crippen molar-refractivity contribution < 1.29 is 14.3 Å². The Hall–Kier alpha value is -2.07. The first-order chi connectivity index (χ1) is 9.06. The normalized spacial score (nSPS) is 10.2. The third-order valence-corrected chi connectivity index (χ3v) is 2.85. The molecule has 3 nitrogen and oxygen atoms in total. The summed E-state index contributed by atoms with van der Waals surface area (Å²) in [4.78, 5) is 11.9. The molecule has 1 amide bonds. The lowest BCUT2D eigenvalue weighted by Gasteiger charge is -2.07. The van der Waals surface area contributed by atoms with Crippen LogP contribution in [0, 0.1) is 5.82 Å². The third kappa shape index (κ3) is 3.45. The van der Waals surface area contributed by atoms with Crippen LogP contribution in [0.15, 0.2) is 42.5 Å². The van der Waals surface area contributed by atoms with Crippen molar-refractivity contribution in [3.63, 3.8) is 0 Å². The van der Waals surface area contributed by atoms with Crippen molar-refractivity contribution in [1.82, 2.24) is 5.32 Å². The second kappa shape index (κ2) is 5.71. The lowest BCUT2D eigenvalue weighted by Crippen LogP contribution is -2.23. The number of hydrogen-bond donors (Lipinski definition) is 2. The molecule has 0 aliphatic carbocycles. The van der Waals surface area contributed by atoms with Crippen molar-refractivity contribution in [2.45, 2.75) is 6.54 Å². The van der Waals surface area contributed by atoms with E-state index in [2.05, 4.69) is 5.32 Å². The van der Waals surface area contributed by atoms with Gasteiger partial charge in [-0.05, 0) is 35.9 Å². The van der Waals surface area contributed by atoms with Crippen LogP contribution < -0.4 is 5.32 Å². The number of aromatic hydroxyl groups is 1. The summed E-state index contributed by atoms with van der Waals surface area (Å²) in [5.41, 5.74) is 0.967. The average Bonchev–Trinajstić information content (AvgIpc) is 2.36. The maximum Gasteiger partial charge on any atom is 0.253 e. The lowest BCUT2D eigenvalue weighted by atomic mass is 10.2. The van der Waals surface area contributed by atoms with Crippen molar-refractivity contribution in [1.29, 1.82) is 0 Å². The summed E-state index contributed by atoms with van der Waals surface area (Å²) in [6.07, 6.45) is 0. The molecule has 0 atom stereocenters. The first-order valence-electron chi connectivity index (χ1n) is 5.57. The van der Waals surface area contributed by atoms with Crippen LogP contribution in [0.5, 0.6) is 5.75 Å². The maximum atomic E-state index is 12.9. The van der Waals surface area contributed by atoms with E-state index in [1.807, 2.05) is 0 Å². The molecule has 2 rings (SSSR count). The Labute approximate surface area is 114 Å². The van der Waals surface area contributed by atoms with Crippen LogP contribution in [0.25, 0.3) is 0 Å². The zero-order valence-electron chi connectivity index (χ0n) is 9.86. The lowest BCUT2D eigenvalue weighted by molar-refractivity contribution is 0.0951. The van der Waals surface area contributed by atoms with Crippen molar-refractivity contribution in [3.05, 3.63) is 64.4 Å². The van der Waals surface area contributed by atoms with Gasteiger partial charge in [0.2, 0.25) is 0 Å². The SMILES string of the molecule is O=C(NCc1cccc(O)c1)c1ccc(F)cc1Cl. The number of phenolic OH excluding ortho intramolecular Hbond substituents is 1. The van der Waals surface area contributed by atoms with E-state index in [0.717, 1.165) is 11.6 Å². The summed E-state index contributed by atoms with van der Waals surface area (Å²) < 4.78 is 12.9. The van der Waals surface area contributed by atoms with Gasteiger partial charge in [-0.25, -0.2) is 4.39 Å². The highest BCUT2D eigenvalue weighted by Crippen LogP contribution is 2.17. The van der Waals surface area contributed by atoms with Gasteiger partial charge in [-0.1, -0.05) is 23.7 Å². The highest BCUT2D eigenvalue weighted by Gasteiger charge is 2.10. The molecule has 0 aliphatic heterocycles. The molecule has 2 N–H and O–H groups in total. The Bertz CT molecular complexity index is 616. The number of halogens is 2. The van der Waals surface area contributed by atoms with E-state index in [1.54, 1.807) is 24.3 Å². The Morgan fingerprint density at radius 1 is 1.26 bits per heavy atom. The van der Waals surface area contributed by atoms with Gasteiger partial charge in [0.15, 0.2) is 0 Å². The minimum Gasteiger partial charge on any atom is -0.508 e. The van der Waals surface area contributed by atoms with E-state index in [1.165, 1.54) is 12.1 Å². The third-order valence-electron chi connectivity index (χ3n) is 2.54. The second-order valence-electron chi connectivity index (χ2n) is 3.98. The summed E-state index contributed by atoms with van der Waals surface area (Å²) >= 11 is 5.79. The predicted octanol–water partition coefficient (Wildman–Crippen LogP) is 3.11. The molecule has 0 fully saturated rings. The van der Waals surface area contributed by atoms with Gasteiger partial charge in [0.1, 0.15) is 11.6 Å². The maximum absolute atomic E-state index is 12.9. The number of phenols is 1.